The molecular formula is C17H27N3O. The predicted octanol–water partition coefficient (Wildman–Crippen LogP) is 2.44. The van der Waals surface area contributed by atoms with E-state index in [0.717, 1.165) is 24.1 Å². The molecule has 116 valence electrons. The number of nitrogens with zero attached hydrogens (tertiary/aromatic N) is 1. The monoisotopic (exact) mass is 289 g/mol. The molecule has 2 rings (SSSR count). The van der Waals surface area contributed by atoms with Crippen LogP contribution in [0.4, 0.5) is 5.69 Å². The van der Waals surface area contributed by atoms with Crippen molar-refractivity contribution in [3.8, 4) is 0 Å². The first-order chi connectivity index (χ1) is 10.0. The number of amides is 1. The van der Waals surface area contributed by atoms with Gasteiger partial charge in [-0.25, -0.2) is 0 Å². The molecule has 1 amide bonds. The molecule has 1 aromatic carbocycles. The normalized spacial score (nSPS) is 23.0. The van der Waals surface area contributed by atoms with E-state index in [9.17, 15) is 4.79 Å². The molecule has 0 aromatic heterocycles. The number of rotatable bonds is 4. The molecule has 4 heteroatoms. The average molecular weight is 289 g/mol. The summed E-state index contributed by atoms with van der Waals surface area (Å²) in [4.78, 5) is 14.6. The lowest BCUT2D eigenvalue weighted by Gasteiger charge is -2.39. The third-order valence-electron chi connectivity index (χ3n) is 4.67. The van der Waals surface area contributed by atoms with Gasteiger partial charge in [-0.2, -0.15) is 0 Å². The molecule has 0 bridgehead atoms. The molecule has 4 nitrogen and oxygen atoms in total. The van der Waals surface area contributed by atoms with E-state index in [1.807, 2.05) is 19.1 Å². The van der Waals surface area contributed by atoms with Crippen LogP contribution in [-0.4, -0.2) is 36.0 Å². The van der Waals surface area contributed by atoms with Gasteiger partial charge in [0.1, 0.15) is 0 Å². The molecule has 0 saturated carbocycles. The van der Waals surface area contributed by atoms with Crippen LogP contribution >= 0.6 is 0 Å². The molecule has 0 aliphatic carbocycles. The first-order valence-corrected chi connectivity index (χ1v) is 7.84. The fourth-order valence-electron chi connectivity index (χ4n) is 3.12. The lowest BCUT2D eigenvalue weighted by atomic mass is 9.96. The van der Waals surface area contributed by atoms with Gasteiger partial charge in [0, 0.05) is 24.3 Å². The van der Waals surface area contributed by atoms with Gasteiger partial charge in [-0.3, -0.25) is 9.69 Å². The topological polar surface area (TPSA) is 58.4 Å². The summed E-state index contributed by atoms with van der Waals surface area (Å²) in [6, 6.07) is 6.75. The molecular weight excluding hydrogens is 262 g/mol. The number of carbonyl (C=O) groups excluding carboxylic acids is 1. The molecule has 2 unspecified atom stereocenters. The minimum Gasteiger partial charge on any atom is -0.329 e. The molecule has 21 heavy (non-hydrogen) atoms. The zero-order valence-electron chi connectivity index (χ0n) is 13.4. The molecule has 1 aromatic rings. The Balaban J connectivity index is 2.02. The van der Waals surface area contributed by atoms with Crippen molar-refractivity contribution in [2.75, 3.05) is 18.4 Å². The van der Waals surface area contributed by atoms with Gasteiger partial charge in [0.2, 0.25) is 5.91 Å². The van der Waals surface area contributed by atoms with Crippen molar-refractivity contribution in [1.29, 1.82) is 0 Å². The number of benzene rings is 1. The summed E-state index contributed by atoms with van der Waals surface area (Å²) in [5.74, 6) is 0.0518. The SMILES string of the molecule is Cc1cccc(NC(=O)CN2C(C)CCCC2CN)c1C. The van der Waals surface area contributed by atoms with E-state index in [2.05, 4.69) is 30.1 Å². The zero-order chi connectivity index (χ0) is 15.4. The molecule has 3 N–H and O–H groups in total. The second-order valence-electron chi connectivity index (χ2n) is 6.14. The molecule has 1 saturated heterocycles. The van der Waals surface area contributed by atoms with Crippen molar-refractivity contribution in [3.05, 3.63) is 29.3 Å². The zero-order valence-corrected chi connectivity index (χ0v) is 13.4. The van der Waals surface area contributed by atoms with Crippen LogP contribution in [0.3, 0.4) is 0 Å². The lowest BCUT2D eigenvalue weighted by Crippen LogP contribution is -2.51. The van der Waals surface area contributed by atoms with E-state index in [0.29, 0.717) is 25.2 Å². The summed E-state index contributed by atoms with van der Waals surface area (Å²) in [7, 11) is 0. The van der Waals surface area contributed by atoms with Crippen LogP contribution in [0, 0.1) is 13.8 Å². The summed E-state index contributed by atoms with van der Waals surface area (Å²) < 4.78 is 0. The van der Waals surface area contributed by atoms with Gasteiger partial charge in [0.25, 0.3) is 0 Å². The Morgan fingerprint density at radius 1 is 1.38 bits per heavy atom. The number of nitrogens with two attached hydrogens (primary N) is 1. The summed E-state index contributed by atoms with van der Waals surface area (Å²) in [6.07, 6.45) is 3.45. The number of hydrogen-bond donors (Lipinski definition) is 2. The highest BCUT2D eigenvalue weighted by molar-refractivity contribution is 5.93. The minimum atomic E-state index is 0.0518. The summed E-state index contributed by atoms with van der Waals surface area (Å²) in [5.41, 5.74) is 9.09. The first kappa shape index (κ1) is 16.0. The molecule has 1 heterocycles. The van der Waals surface area contributed by atoms with Crippen molar-refractivity contribution in [1.82, 2.24) is 4.90 Å². The van der Waals surface area contributed by atoms with Crippen molar-refractivity contribution < 1.29 is 4.79 Å². The number of nitrogens with one attached hydrogen (secondary N) is 1. The molecule has 1 aliphatic rings. The van der Waals surface area contributed by atoms with Crippen LogP contribution in [0.25, 0.3) is 0 Å². The fourth-order valence-corrected chi connectivity index (χ4v) is 3.12. The Morgan fingerprint density at radius 3 is 2.86 bits per heavy atom. The maximum absolute atomic E-state index is 12.4. The Kier molecular flexibility index (Phi) is 5.37. The van der Waals surface area contributed by atoms with Crippen molar-refractivity contribution in [2.24, 2.45) is 5.73 Å². The standard InChI is InChI=1S/C17H27N3O/c1-12-6-4-9-16(14(12)3)19-17(21)11-20-13(2)7-5-8-15(20)10-18/h4,6,9,13,15H,5,7-8,10-11,18H2,1-3H3,(H,19,21). The highest BCUT2D eigenvalue weighted by atomic mass is 16.2. The van der Waals surface area contributed by atoms with Crippen molar-refractivity contribution >= 4 is 11.6 Å². The number of anilines is 1. The van der Waals surface area contributed by atoms with Gasteiger partial charge in [-0.15, -0.1) is 0 Å². The number of hydrogen-bond acceptors (Lipinski definition) is 3. The third-order valence-corrected chi connectivity index (χ3v) is 4.67. The maximum Gasteiger partial charge on any atom is 0.238 e. The Bertz CT molecular complexity index is 501. The number of piperidine rings is 1. The third kappa shape index (κ3) is 3.83. The highest BCUT2D eigenvalue weighted by Gasteiger charge is 2.28. The first-order valence-electron chi connectivity index (χ1n) is 7.84. The Hall–Kier alpha value is -1.39. The fraction of sp³-hybridized carbons (Fsp3) is 0.588. The van der Waals surface area contributed by atoms with E-state index in [1.54, 1.807) is 0 Å². The molecule has 0 spiro atoms. The van der Waals surface area contributed by atoms with E-state index in [-0.39, 0.29) is 5.91 Å². The lowest BCUT2D eigenvalue weighted by molar-refractivity contribution is -0.118. The Morgan fingerprint density at radius 2 is 2.14 bits per heavy atom. The van der Waals surface area contributed by atoms with Crippen molar-refractivity contribution in [3.63, 3.8) is 0 Å². The summed E-state index contributed by atoms with van der Waals surface area (Å²) >= 11 is 0. The van der Waals surface area contributed by atoms with Gasteiger partial charge in [0.05, 0.1) is 6.54 Å². The van der Waals surface area contributed by atoms with Gasteiger partial charge >= 0.3 is 0 Å². The van der Waals surface area contributed by atoms with Crippen LogP contribution in [0.1, 0.15) is 37.3 Å². The highest BCUT2D eigenvalue weighted by Crippen LogP contribution is 2.22. The van der Waals surface area contributed by atoms with Crippen LogP contribution in [-0.2, 0) is 4.79 Å². The van der Waals surface area contributed by atoms with E-state index in [4.69, 9.17) is 5.73 Å². The minimum absolute atomic E-state index is 0.0518. The predicted molar refractivity (Wildman–Crippen MR) is 87.4 cm³/mol. The second-order valence-corrected chi connectivity index (χ2v) is 6.14. The molecule has 0 radical (unpaired) electrons. The number of carbonyl (C=O) groups is 1. The van der Waals surface area contributed by atoms with E-state index in [1.165, 1.54) is 12.0 Å². The number of aryl methyl sites for hydroxylation is 1. The van der Waals surface area contributed by atoms with E-state index < -0.39 is 0 Å². The quantitative estimate of drug-likeness (QED) is 0.895. The maximum atomic E-state index is 12.4. The Labute approximate surface area is 127 Å². The van der Waals surface area contributed by atoms with Crippen LogP contribution < -0.4 is 11.1 Å². The smallest absolute Gasteiger partial charge is 0.238 e. The molecule has 2 atom stereocenters. The second kappa shape index (κ2) is 7.05. The van der Waals surface area contributed by atoms with Gasteiger partial charge < -0.3 is 11.1 Å². The molecule has 1 aliphatic heterocycles. The summed E-state index contributed by atoms with van der Waals surface area (Å²) in [5, 5.41) is 3.04. The van der Waals surface area contributed by atoms with Crippen LogP contribution in [0.15, 0.2) is 18.2 Å². The van der Waals surface area contributed by atoms with Crippen molar-refractivity contribution in [2.45, 2.75) is 52.1 Å². The number of likely N-dealkylation sites (tertiary alicyclic amines) is 1. The van der Waals surface area contributed by atoms with Gasteiger partial charge in [-0.1, -0.05) is 18.6 Å². The van der Waals surface area contributed by atoms with Gasteiger partial charge in [0.15, 0.2) is 0 Å². The van der Waals surface area contributed by atoms with E-state index >= 15 is 0 Å². The molecule has 1 fully saturated rings. The van der Waals surface area contributed by atoms with Crippen LogP contribution in [0.2, 0.25) is 0 Å². The summed E-state index contributed by atoms with van der Waals surface area (Å²) in [6.45, 7) is 7.34. The van der Waals surface area contributed by atoms with Gasteiger partial charge in [-0.05, 0) is 50.8 Å². The van der Waals surface area contributed by atoms with Crippen LogP contribution in [0.5, 0.6) is 0 Å². The average Bonchev–Trinajstić information content (AvgIpc) is 2.46. The largest absolute Gasteiger partial charge is 0.329 e.